The molecule has 0 saturated heterocycles. The van der Waals surface area contributed by atoms with Gasteiger partial charge in [-0.2, -0.15) is 0 Å². The van der Waals surface area contributed by atoms with E-state index in [1.54, 1.807) is 11.1 Å². The van der Waals surface area contributed by atoms with Crippen molar-refractivity contribution in [2.75, 3.05) is 0 Å². The maximum Gasteiger partial charge on any atom is 0.0934 e. The van der Waals surface area contributed by atoms with Crippen molar-refractivity contribution < 1.29 is 0 Å². The molecule has 7 aromatic carbocycles. The van der Waals surface area contributed by atoms with Crippen LogP contribution < -0.4 is 0 Å². The zero-order valence-electron chi connectivity index (χ0n) is 33.4. The van der Waals surface area contributed by atoms with Gasteiger partial charge in [-0.25, -0.2) is 0 Å². The second-order valence-corrected chi connectivity index (χ2v) is 18.0. The summed E-state index contributed by atoms with van der Waals surface area (Å²) in [5, 5.41) is 5.03. The van der Waals surface area contributed by atoms with Crippen LogP contribution in [-0.2, 0) is 5.41 Å². The van der Waals surface area contributed by atoms with Crippen molar-refractivity contribution in [3.05, 3.63) is 168 Å². The maximum atomic E-state index is 4.54. The van der Waals surface area contributed by atoms with E-state index in [1.807, 2.05) is 6.92 Å². The Labute approximate surface area is 345 Å². The lowest BCUT2D eigenvalue weighted by Crippen LogP contribution is -2.55. The fourth-order valence-corrected chi connectivity index (χ4v) is 13.3. The highest BCUT2D eigenvalue weighted by atomic mass is 15.0. The predicted octanol–water partition coefficient (Wildman–Crippen LogP) is 14.6. The van der Waals surface area contributed by atoms with Gasteiger partial charge in [0.2, 0.25) is 0 Å². The standard InChI is InChI=1S/C56H45N3/c1-3-11-36-12-10-19-54(55(36)57-2)59-51-18-9-6-15-45(51)47-32-38(21-25-53(47)59)37-20-24-52-46(31-37)44-14-5-8-17-50(44)58(52)41-22-23-43-42-13-4-7-16-48(42)56(49(43)33-41)39-27-34-26-35(29-39)30-40(56)28-34/h3-25,31-35,39-40H,2,26-30H2,1H3/b11-3-. The molecule has 9 aromatic rings. The third-order valence-electron chi connectivity index (χ3n) is 15.3. The van der Waals surface area contributed by atoms with E-state index in [4.69, 9.17) is 0 Å². The van der Waals surface area contributed by atoms with E-state index in [0.717, 1.165) is 51.6 Å². The average Bonchev–Trinajstić information content (AvgIpc) is 3.89. The molecule has 2 heterocycles. The normalized spacial score (nSPS) is 22.7. The molecule has 0 atom stereocenters. The molecule has 0 radical (unpaired) electrons. The van der Waals surface area contributed by atoms with Gasteiger partial charge in [0.25, 0.3) is 0 Å². The van der Waals surface area contributed by atoms with Gasteiger partial charge in [-0.3, -0.25) is 4.99 Å². The van der Waals surface area contributed by atoms with E-state index in [2.05, 4.69) is 179 Å². The fraction of sp³-hybridized carbons (Fsp3) is 0.196. The Bertz CT molecular complexity index is 3250. The van der Waals surface area contributed by atoms with E-state index >= 15 is 0 Å². The van der Waals surface area contributed by atoms with Gasteiger partial charge < -0.3 is 9.13 Å². The molecule has 3 heteroatoms. The van der Waals surface area contributed by atoms with Gasteiger partial charge in [0.1, 0.15) is 0 Å². The summed E-state index contributed by atoms with van der Waals surface area (Å²) in [7, 11) is 0. The number of aliphatic imine (C=N–C) groups is 1. The van der Waals surface area contributed by atoms with Crippen LogP contribution in [0.15, 0.2) is 157 Å². The molecule has 4 saturated carbocycles. The number of benzene rings is 7. The predicted molar refractivity (Wildman–Crippen MR) is 248 cm³/mol. The minimum Gasteiger partial charge on any atom is -0.309 e. The van der Waals surface area contributed by atoms with Gasteiger partial charge in [0, 0.05) is 38.2 Å². The van der Waals surface area contributed by atoms with Gasteiger partial charge in [0.05, 0.1) is 33.4 Å². The summed E-state index contributed by atoms with van der Waals surface area (Å²) in [4.78, 5) is 4.54. The zero-order valence-corrected chi connectivity index (χ0v) is 33.4. The maximum absolute atomic E-state index is 4.54. The van der Waals surface area contributed by atoms with E-state index in [1.165, 1.54) is 92.6 Å². The first-order chi connectivity index (χ1) is 29.1. The fourth-order valence-electron chi connectivity index (χ4n) is 13.3. The molecule has 0 aliphatic heterocycles. The number of hydrogen-bond acceptors (Lipinski definition) is 1. The molecule has 4 fully saturated rings. The molecule has 59 heavy (non-hydrogen) atoms. The van der Waals surface area contributed by atoms with E-state index in [0.29, 0.717) is 0 Å². The SMILES string of the molecule is C=Nc1c(/C=C\C)cccc1-n1c2ccccc2c2cc(-c3ccc4c(c3)c3ccccc3n4-c3ccc4c(c3)C3(c5ccccc5-4)C4CC5CC(C4)CC3C5)ccc21. The van der Waals surface area contributed by atoms with Crippen LogP contribution >= 0.6 is 0 Å². The molecule has 0 amide bonds. The van der Waals surface area contributed by atoms with E-state index in [9.17, 15) is 0 Å². The molecular weight excluding hydrogens is 715 g/mol. The minimum atomic E-state index is 0.141. The average molecular weight is 760 g/mol. The number of rotatable bonds is 5. The number of para-hydroxylation sites is 3. The lowest BCUT2D eigenvalue weighted by atomic mass is 9.43. The van der Waals surface area contributed by atoms with Crippen LogP contribution in [0.4, 0.5) is 5.69 Å². The van der Waals surface area contributed by atoms with Crippen LogP contribution in [0.5, 0.6) is 0 Å². The van der Waals surface area contributed by atoms with Crippen molar-refractivity contribution >= 4 is 62.1 Å². The Morgan fingerprint density at radius 2 is 1.14 bits per heavy atom. The first kappa shape index (κ1) is 33.5. The molecule has 14 rings (SSSR count). The van der Waals surface area contributed by atoms with Crippen LogP contribution in [0.25, 0.3) is 83.3 Å². The number of allylic oxidation sites excluding steroid dienone is 1. The van der Waals surface area contributed by atoms with Crippen molar-refractivity contribution in [2.45, 2.75) is 44.4 Å². The molecule has 5 aliphatic rings. The smallest absolute Gasteiger partial charge is 0.0934 e. The van der Waals surface area contributed by atoms with E-state index < -0.39 is 0 Å². The Morgan fingerprint density at radius 1 is 0.542 bits per heavy atom. The van der Waals surface area contributed by atoms with E-state index in [-0.39, 0.29) is 5.41 Å². The van der Waals surface area contributed by atoms with Gasteiger partial charge in [-0.05, 0) is 157 Å². The topological polar surface area (TPSA) is 22.2 Å². The Balaban J connectivity index is 0.972. The highest BCUT2D eigenvalue weighted by Gasteiger charge is 2.61. The van der Waals surface area contributed by atoms with Crippen LogP contribution in [0.3, 0.4) is 0 Å². The summed E-state index contributed by atoms with van der Waals surface area (Å²) in [6, 6.07) is 55.2. The number of hydrogen-bond donors (Lipinski definition) is 0. The van der Waals surface area contributed by atoms with Crippen LogP contribution in [0, 0.1) is 23.7 Å². The molecule has 2 aromatic heterocycles. The largest absolute Gasteiger partial charge is 0.309 e. The summed E-state index contributed by atoms with van der Waals surface area (Å²) in [5.74, 6) is 3.34. The van der Waals surface area contributed by atoms with Crippen molar-refractivity contribution in [3.63, 3.8) is 0 Å². The summed E-state index contributed by atoms with van der Waals surface area (Å²) in [5.41, 5.74) is 17.9. The van der Waals surface area contributed by atoms with Crippen LogP contribution in [0.2, 0.25) is 0 Å². The molecule has 284 valence electrons. The Hall–Kier alpha value is -6.45. The van der Waals surface area contributed by atoms with Crippen molar-refractivity contribution in [3.8, 4) is 33.6 Å². The monoisotopic (exact) mass is 759 g/mol. The summed E-state index contributed by atoms with van der Waals surface area (Å²) >= 11 is 0. The lowest BCUT2D eigenvalue weighted by molar-refractivity contribution is -0.0399. The molecule has 5 aliphatic carbocycles. The number of aromatic nitrogens is 2. The lowest BCUT2D eigenvalue weighted by Gasteiger charge is -2.61. The summed E-state index contributed by atoms with van der Waals surface area (Å²) in [6.07, 6.45) is 11.2. The third kappa shape index (κ3) is 4.46. The van der Waals surface area contributed by atoms with Gasteiger partial charge in [-0.15, -0.1) is 0 Å². The third-order valence-corrected chi connectivity index (χ3v) is 15.3. The van der Waals surface area contributed by atoms with Crippen molar-refractivity contribution in [2.24, 2.45) is 28.7 Å². The van der Waals surface area contributed by atoms with Gasteiger partial charge >= 0.3 is 0 Å². The molecular formula is C56H45N3. The first-order valence-electron chi connectivity index (χ1n) is 21.7. The summed E-state index contributed by atoms with van der Waals surface area (Å²) < 4.78 is 4.90. The highest BCUT2D eigenvalue weighted by Crippen LogP contribution is 2.69. The molecule has 0 unspecified atom stereocenters. The highest BCUT2D eigenvalue weighted by molar-refractivity contribution is 6.13. The van der Waals surface area contributed by atoms with Crippen molar-refractivity contribution in [1.82, 2.24) is 9.13 Å². The van der Waals surface area contributed by atoms with Gasteiger partial charge in [-0.1, -0.05) is 103 Å². The van der Waals surface area contributed by atoms with Crippen LogP contribution in [0.1, 0.15) is 55.7 Å². The molecule has 0 N–H and O–H groups in total. The van der Waals surface area contributed by atoms with Crippen LogP contribution in [-0.4, -0.2) is 15.9 Å². The number of nitrogens with zero attached hydrogens (tertiary/aromatic N) is 3. The number of fused-ring (bicyclic) bond motifs is 9. The molecule has 4 bridgehead atoms. The van der Waals surface area contributed by atoms with Crippen molar-refractivity contribution in [1.29, 1.82) is 0 Å². The molecule has 3 nitrogen and oxygen atoms in total. The Kier molecular flexibility index (Phi) is 6.98. The summed E-state index contributed by atoms with van der Waals surface area (Å²) in [6.45, 7) is 6.03. The first-order valence-corrected chi connectivity index (χ1v) is 21.7. The molecule has 1 spiro atoms. The van der Waals surface area contributed by atoms with Gasteiger partial charge in [0.15, 0.2) is 0 Å². The Morgan fingerprint density at radius 3 is 1.81 bits per heavy atom. The minimum absolute atomic E-state index is 0.141. The zero-order chi connectivity index (χ0) is 39.0. The second-order valence-electron chi connectivity index (χ2n) is 18.0. The quantitative estimate of drug-likeness (QED) is 0.156. The second kappa shape index (κ2) is 12.3.